The molecule has 10 atom stereocenters. The van der Waals surface area contributed by atoms with Gasteiger partial charge in [0.2, 0.25) is 0 Å². The van der Waals surface area contributed by atoms with E-state index >= 15 is 0 Å². The fraction of sp³-hybridized carbons (Fsp3) is 0.516. The van der Waals surface area contributed by atoms with Gasteiger partial charge in [-0.15, -0.1) is 0 Å². The summed E-state index contributed by atoms with van der Waals surface area (Å²) in [7, 11) is 2.78. The zero-order chi connectivity index (χ0) is 34.2. The van der Waals surface area contributed by atoms with Gasteiger partial charge in [0.15, 0.2) is 35.6 Å². The van der Waals surface area contributed by atoms with Crippen LogP contribution in [-0.4, -0.2) is 142 Å². The first-order valence-electron chi connectivity index (χ1n) is 14.6. The van der Waals surface area contributed by atoms with E-state index in [0.717, 1.165) is 6.08 Å². The molecule has 0 spiro atoms. The van der Waals surface area contributed by atoms with Crippen LogP contribution in [0.5, 0.6) is 23.0 Å². The number of rotatable bonds is 13. The molecule has 0 aromatic heterocycles. The maximum absolute atomic E-state index is 12.5. The van der Waals surface area contributed by atoms with Crippen LogP contribution >= 0.6 is 0 Å². The molecule has 16 nitrogen and oxygen atoms in total. The number of aromatic hydroxyl groups is 2. The number of ether oxygens (including phenoxy) is 7. The Morgan fingerprint density at radius 2 is 1.53 bits per heavy atom. The van der Waals surface area contributed by atoms with Gasteiger partial charge in [-0.3, -0.25) is 0 Å². The summed E-state index contributed by atoms with van der Waals surface area (Å²) < 4.78 is 37.9. The van der Waals surface area contributed by atoms with Crippen molar-refractivity contribution in [2.75, 3.05) is 34.0 Å². The molecule has 0 amide bonds. The Balaban J connectivity index is 1.46. The zero-order valence-electron chi connectivity index (χ0n) is 25.6. The number of carbonyl (C=O) groups excluding carboxylic acids is 1. The van der Waals surface area contributed by atoms with E-state index in [9.17, 15) is 45.6 Å². The lowest BCUT2D eigenvalue weighted by atomic mass is 9.97. The molecular weight excluding hydrogens is 628 g/mol. The van der Waals surface area contributed by atoms with Crippen molar-refractivity contribution in [1.29, 1.82) is 0 Å². The molecule has 16 heteroatoms. The van der Waals surface area contributed by atoms with Crippen LogP contribution in [-0.2, 0) is 34.9 Å². The third kappa shape index (κ3) is 8.88. The standard InChI is InChI=1S/C31H40O16/c1-41-19-7-4-16(11-18(19)34)9-10-43-30-28(40)29(47-31-27(39)26(38)24(36)21(13-32)45-31)25(37)22(46-30)14-44-23(35)8-5-15-3-6-17(33)20(12-15)42-2/h3-8,11-12,21-22,24-34,36-40H,9-10,13-14H2,1-2H3/t21-,22+,24+,25-,26-,27-,28-,29+,30-,31+/m0/s1. The van der Waals surface area contributed by atoms with E-state index in [1.807, 2.05) is 0 Å². The Hall–Kier alpha value is -3.55. The fourth-order valence-corrected chi connectivity index (χ4v) is 5.03. The first kappa shape index (κ1) is 36.3. The fourth-order valence-electron chi connectivity index (χ4n) is 5.03. The van der Waals surface area contributed by atoms with Crippen LogP contribution in [0.25, 0.3) is 6.08 Å². The number of esters is 1. The van der Waals surface area contributed by atoms with Gasteiger partial charge in [-0.1, -0.05) is 12.1 Å². The lowest BCUT2D eigenvalue weighted by Gasteiger charge is -2.46. The molecule has 0 unspecified atom stereocenters. The van der Waals surface area contributed by atoms with E-state index < -0.39 is 80.6 Å². The summed E-state index contributed by atoms with van der Waals surface area (Å²) in [6.07, 6.45) is -13.4. The Morgan fingerprint density at radius 1 is 0.809 bits per heavy atom. The minimum absolute atomic E-state index is 0.0539. The molecule has 2 aliphatic rings. The van der Waals surface area contributed by atoms with Crippen LogP contribution in [0.2, 0.25) is 0 Å². The number of phenolic OH excluding ortho intramolecular Hbond substituents is 2. The quantitative estimate of drug-likeness (QED) is 0.0900. The molecule has 4 rings (SSSR count). The molecule has 0 radical (unpaired) electrons. The molecular formula is C31H40O16. The summed E-state index contributed by atoms with van der Waals surface area (Å²) in [5, 5.41) is 82.3. The second-order valence-electron chi connectivity index (χ2n) is 10.8. The Bertz CT molecular complexity index is 1350. The van der Waals surface area contributed by atoms with Gasteiger partial charge in [0.25, 0.3) is 0 Å². The number of phenols is 2. The zero-order valence-corrected chi connectivity index (χ0v) is 25.6. The van der Waals surface area contributed by atoms with Crippen molar-refractivity contribution in [2.45, 2.75) is 67.8 Å². The van der Waals surface area contributed by atoms with Gasteiger partial charge < -0.3 is 74.0 Å². The molecule has 2 fully saturated rings. The number of aliphatic hydroxyl groups is 6. The number of carbonyl (C=O) groups is 1. The van der Waals surface area contributed by atoms with Crippen LogP contribution in [0.15, 0.2) is 42.5 Å². The molecule has 8 N–H and O–H groups in total. The van der Waals surface area contributed by atoms with Crippen molar-refractivity contribution in [3.05, 3.63) is 53.6 Å². The van der Waals surface area contributed by atoms with Crippen molar-refractivity contribution in [2.24, 2.45) is 0 Å². The summed E-state index contributed by atoms with van der Waals surface area (Å²) in [5.74, 6) is -0.536. The van der Waals surface area contributed by atoms with Crippen molar-refractivity contribution in [3.63, 3.8) is 0 Å². The normalized spacial score (nSPS) is 31.1. The van der Waals surface area contributed by atoms with Crippen molar-refractivity contribution < 1.29 is 78.8 Å². The smallest absolute Gasteiger partial charge is 0.330 e. The topological polar surface area (TPSA) is 244 Å². The summed E-state index contributed by atoms with van der Waals surface area (Å²) in [6, 6.07) is 9.14. The summed E-state index contributed by atoms with van der Waals surface area (Å²) in [5.41, 5.74) is 1.17. The van der Waals surface area contributed by atoms with E-state index in [4.69, 9.17) is 33.2 Å². The average Bonchev–Trinajstić information content (AvgIpc) is 3.06. The number of hydrogen-bond acceptors (Lipinski definition) is 16. The van der Waals surface area contributed by atoms with Crippen LogP contribution < -0.4 is 9.47 Å². The number of hydrogen-bond donors (Lipinski definition) is 8. The minimum Gasteiger partial charge on any atom is -0.504 e. The molecule has 2 aromatic carbocycles. The summed E-state index contributed by atoms with van der Waals surface area (Å²) in [4.78, 5) is 12.5. The van der Waals surface area contributed by atoms with Gasteiger partial charge >= 0.3 is 5.97 Å². The van der Waals surface area contributed by atoms with Gasteiger partial charge in [-0.2, -0.15) is 0 Å². The van der Waals surface area contributed by atoms with E-state index in [2.05, 4.69) is 0 Å². The minimum atomic E-state index is -1.84. The molecule has 2 saturated heterocycles. The molecule has 47 heavy (non-hydrogen) atoms. The Labute approximate surface area is 269 Å². The lowest BCUT2D eigenvalue weighted by molar-refractivity contribution is -0.360. The molecule has 260 valence electrons. The Morgan fingerprint density at radius 3 is 2.21 bits per heavy atom. The van der Waals surface area contributed by atoms with Crippen LogP contribution in [0.1, 0.15) is 11.1 Å². The van der Waals surface area contributed by atoms with Crippen molar-refractivity contribution in [1.82, 2.24) is 0 Å². The predicted molar refractivity (Wildman–Crippen MR) is 158 cm³/mol. The first-order valence-corrected chi connectivity index (χ1v) is 14.6. The maximum Gasteiger partial charge on any atom is 0.330 e. The number of benzene rings is 2. The van der Waals surface area contributed by atoms with E-state index in [-0.39, 0.29) is 36.0 Å². The first-order chi connectivity index (χ1) is 22.5. The van der Waals surface area contributed by atoms with Crippen molar-refractivity contribution in [3.8, 4) is 23.0 Å². The van der Waals surface area contributed by atoms with Crippen molar-refractivity contribution >= 4 is 12.0 Å². The van der Waals surface area contributed by atoms with Gasteiger partial charge in [0.1, 0.15) is 55.4 Å². The Kier molecular flexibility index (Phi) is 12.8. The summed E-state index contributed by atoms with van der Waals surface area (Å²) in [6.45, 7) is -1.34. The average molecular weight is 669 g/mol. The second-order valence-corrected chi connectivity index (χ2v) is 10.8. The number of aliphatic hydroxyl groups excluding tert-OH is 6. The second kappa shape index (κ2) is 16.5. The van der Waals surface area contributed by atoms with Gasteiger partial charge in [-0.25, -0.2) is 4.79 Å². The SMILES string of the molecule is COc1ccc(CCO[C@H]2O[C@H](COC(=O)C=Cc3ccc(O)c(OC)c3)[C@H](O)[C@@H](O[C@H]3O[C@@H](CO)[C@@H](O)[C@H](O)[C@@H]3O)[C@@H]2O)cc1O. The molecule has 0 bridgehead atoms. The number of methoxy groups -OCH3 is 2. The highest BCUT2D eigenvalue weighted by atomic mass is 16.7. The van der Waals surface area contributed by atoms with Crippen LogP contribution in [0.4, 0.5) is 0 Å². The van der Waals surface area contributed by atoms with Gasteiger partial charge in [-0.05, 0) is 47.9 Å². The van der Waals surface area contributed by atoms with Crippen LogP contribution in [0.3, 0.4) is 0 Å². The third-order valence-electron chi connectivity index (χ3n) is 7.70. The van der Waals surface area contributed by atoms with Gasteiger partial charge in [0, 0.05) is 6.08 Å². The van der Waals surface area contributed by atoms with Gasteiger partial charge in [0.05, 0.1) is 27.4 Å². The molecule has 2 aliphatic heterocycles. The highest BCUT2D eigenvalue weighted by Crippen LogP contribution is 2.31. The van der Waals surface area contributed by atoms with Crippen LogP contribution in [0, 0.1) is 0 Å². The lowest BCUT2D eigenvalue weighted by Crippen LogP contribution is -2.65. The molecule has 2 aromatic rings. The molecule has 2 heterocycles. The highest BCUT2D eigenvalue weighted by molar-refractivity contribution is 5.87. The molecule has 0 aliphatic carbocycles. The van der Waals surface area contributed by atoms with E-state index in [1.165, 1.54) is 44.6 Å². The monoisotopic (exact) mass is 668 g/mol. The molecule has 0 saturated carbocycles. The van der Waals surface area contributed by atoms with E-state index in [1.54, 1.807) is 12.1 Å². The largest absolute Gasteiger partial charge is 0.504 e. The highest BCUT2D eigenvalue weighted by Gasteiger charge is 2.51. The maximum atomic E-state index is 12.5. The predicted octanol–water partition coefficient (Wildman–Crippen LogP) is -1.44. The van der Waals surface area contributed by atoms with E-state index in [0.29, 0.717) is 11.1 Å². The summed E-state index contributed by atoms with van der Waals surface area (Å²) >= 11 is 0. The third-order valence-corrected chi connectivity index (χ3v) is 7.70.